The molecule has 140 valence electrons. The van der Waals surface area contributed by atoms with Gasteiger partial charge in [-0.2, -0.15) is 0 Å². The zero-order valence-corrected chi connectivity index (χ0v) is 17.0. The van der Waals surface area contributed by atoms with Crippen LogP contribution in [0.5, 0.6) is 0 Å². The minimum Gasteiger partial charge on any atom is -0.354 e. The van der Waals surface area contributed by atoms with E-state index in [1.165, 1.54) is 63.9 Å². The van der Waals surface area contributed by atoms with Crippen molar-refractivity contribution in [2.45, 2.75) is 0 Å². The molecule has 0 spiro atoms. The zero-order chi connectivity index (χ0) is 19.7. The summed E-state index contributed by atoms with van der Waals surface area (Å²) in [5.41, 5.74) is 4.95. The molecule has 5 aromatic carbocycles. The third-order valence-electron chi connectivity index (χ3n) is 6.21. The molecule has 0 aliphatic carbocycles. The van der Waals surface area contributed by atoms with E-state index in [-0.39, 0.29) is 0 Å². The standard InChI is InChI=1S/C28H17NS/c1-2-7-19-17(6-1)12-15-24-23-10-5-9-20(28(23)30-27(19)24)18-13-14-22-21-8-3-4-11-25(21)29-26(22)16-18/h1-16,29H. The molecule has 30 heavy (non-hydrogen) atoms. The van der Waals surface area contributed by atoms with Gasteiger partial charge in [0.15, 0.2) is 0 Å². The van der Waals surface area contributed by atoms with Crippen molar-refractivity contribution >= 4 is 64.1 Å². The molecule has 2 heteroatoms. The van der Waals surface area contributed by atoms with Crippen molar-refractivity contribution in [1.82, 2.24) is 4.98 Å². The Bertz CT molecular complexity index is 1750. The van der Waals surface area contributed by atoms with E-state index in [9.17, 15) is 0 Å². The molecular weight excluding hydrogens is 382 g/mol. The molecule has 0 unspecified atom stereocenters. The smallest absolute Gasteiger partial charge is 0.0471 e. The Morgan fingerprint density at radius 3 is 2.20 bits per heavy atom. The predicted octanol–water partition coefficient (Wildman–Crippen LogP) is 8.51. The number of nitrogens with one attached hydrogen (secondary N) is 1. The number of para-hydroxylation sites is 1. The first-order chi connectivity index (χ1) is 14.9. The highest BCUT2D eigenvalue weighted by molar-refractivity contribution is 7.27. The van der Waals surface area contributed by atoms with Gasteiger partial charge in [0.05, 0.1) is 0 Å². The Morgan fingerprint density at radius 2 is 1.23 bits per heavy atom. The van der Waals surface area contributed by atoms with Crippen molar-refractivity contribution in [3.63, 3.8) is 0 Å². The molecule has 0 amide bonds. The normalized spacial score (nSPS) is 12.0. The molecule has 0 radical (unpaired) electrons. The average molecular weight is 400 g/mol. The van der Waals surface area contributed by atoms with Gasteiger partial charge in [-0.05, 0) is 34.0 Å². The van der Waals surface area contributed by atoms with Crippen molar-refractivity contribution in [2.24, 2.45) is 0 Å². The fraction of sp³-hybridized carbons (Fsp3) is 0. The number of thiophene rings is 1. The predicted molar refractivity (Wildman–Crippen MR) is 132 cm³/mol. The summed E-state index contributed by atoms with van der Waals surface area (Å²) in [6.45, 7) is 0. The molecule has 0 aliphatic heterocycles. The number of benzene rings is 5. The van der Waals surface area contributed by atoms with Crippen LogP contribution in [0.15, 0.2) is 97.1 Å². The lowest BCUT2D eigenvalue weighted by molar-refractivity contribution is 1.54. The second-order valence-electron chi connectivity index (χ2n) is 7.88. The summed E-state index contributed by atoms with van der Waals surface area (Å²) in [5, 5.41) is 7.90. The average Bonchev–Trinajstić information content (AvgIpc) is 3.37. The third-order valence-corrected chi connectivity index (χ3v) is 7.49. The number of H-pyrrole nitrogens is 1. The van der Waals surface area contributed by atoms with Crippen LogP contribution in [-0.4, -0.2) is 4.98 Å². The van der Waals surface area contributed by atoms with Crippen LogP contribution in [0.1, 0.15) is 0 Å². The topological polar surface area (TPSA) is 15.8 Å². The van der Waals surface area contributed by atoms with Gasteiger partial charge >= 0.3 is 0 Å². The summed E-state index contributed by atoms with van der Waals surface area (Å²) in [6, 6.07) is 35.2. The Morgan fingerprint density at radius 1 is 0.500 bits per heavy atom. The van der Waals surface area contributed by atoms with E-state index in [1.807, 2.05) is 11.3 Å². The molecule has 7 aromatic rings. The number of aromatic nitrogens is 1. The van der Waals surface area contributed by atoms with Crippen molar-refractivity contribution in [1.29, 1.82) is 0 Å². The summed E-state index contributed by atoms with van der Waals surface area (Å²) in [7, 11) is 0. The lowest BCUT2D eigenvalue weighted by Gasteiger charge is -2.04. The Labute approximate surface area is 177 Å². The van der Waals surface area contributed by atoms with Crippen molar-refractivity contribution < 1.29 is 0 Å². The summed E-state index contributed by atoms with van der Waals surface area (Å²) in [6.07, 6.45) is 0. The molecule has 2 heterocycles. The number of fused-ring (bicyclic) bond motifs is 8. The highest BCUT2D eigenvalue weighted by Crippen LogP contribution is 2.43. The Hall–Kier alpha value is -3.62. The van der Waals surface area contributed by atoms with E-state index < -0.39 is 0 Å². The second-order valence-corrected chi connectivity index (χ2v) is 8.90. The fourth-order valence-corrected chi connectivity index (χ4v) is 6.15. The van der Waals surface area contributed by atoms with E-state index >= 15 is 0 Å². The quantitative estimate of drug-likeness (QED) is 0.285. The molecule has 0 fully saturated rings. The van der Waals surface area contributed by atoms with Gasteiger partial charge in [-0.25, -0.2) is 0 Å². The monoisotopic (exact) mass is 399 g/mol. The largest absolute Gasteiger partial charge is 0.354 e. The van der Waals surface area contributed by atoms with Gasteiger partial charge in [0.1, 0.15) is 0 Å². The SMILES string of the molecule is c1ccc2c(c1)ccc1c3cccc(-c4ccc5c(c4)[nH]c4ccccc45)c3sc21. The number of rotatable bonds is 1. The highest BCUT2D eigenvalue weighted by Gasteiger charge is 2.13. The summed E-state index contributed by atoms with van der Waals surface area (Å²) >= 11 is 1.91. The van der Waals surface area contributed by atoms with Crippen LogP contribution >= 0.6 is 11.3 Å². The lowest BCUT2D eigenvalue weighted by atomic mass is 10.0. The summed E-state index contributed by atoms with van der Waals surface area (Å²) < 4.78 is 2.74. The first-order valence-corrected chi connectivity index (χ1v) is 11.0. The molecule has 7 rings (SSSR count). The first kappa shape index (κ1) is 16.2. The minimum atomic E-state index is 1.19. The van der Waals surface area contributed by atoms with Crippen molar-refractivity contribution in [3.8, 4) is 11.1 Å². The Balaban J connectivity index is 1.54. The van der Waals surface area contributed by atoms with Gasteiger partial charge in [-0.3, -0.25) is 0 Å². The van der Waals surface area contributed by atoms with Gasteiger partial charge in [0.25, 0.3) is 0 Å². The van der Waals surface area contributed by atoms with Crippen LogP contribution in [0.25, 0.3) is 63.9 Å². The van der Waals surface area contributed by atoms with Gasteiger partial charge in [-0.1, -0.05) is 84.9 Å². The van der Waals surface area contributed by atoms with E-state index in [0.29, 0.717) is 0 Å². The fourth-order valence-electron chi connectivity index (χ4n) is 4.78. The first-order valence-electron chi connectivity index (χ1n) is 10.2. The number of hydrogen-bond donors (Lipinski definition) is 1. The van der Waals surface area contributed by atoms with Crippen LogP contribution in [0, 0.1) is 0 Å². The van der Waals surface area contributed by atoms with Gasteiger partial charge in [0, 0.05) is 42.0 Å². The van der Waals surface area contributed by atoms with Crippen LogP contribution in [0.2, 0.25) is 0 Å². The van der Waals surface area contributed by atoms with Crippen molar-refractivity contribution in [2.75, 3.05) is 0 Å². The number of hydrogen-bond acceptors (Lipinski definition) is 1. The van der Waals surface area contributed by atoms with E-state index in [0.717, 1.165) is 0 Å². The molecule has 0 saturated carbocycles. The molecule has 2 aromatic heterocycles. The molecular formula is C28H17NS. The van der Waals surface area contributed by atoms with E-state index in [1.54, 1.807) is 0 Å². The molecule has 0 atom stereocenters. The van der Waals surface area contributed by atoms with Crippen LogP contribution < -0.4 is 0 Å². The summed E-state index contributed by atoms with van der Waals surface area (Å²) in [4.78, 5) is 3.59. The second kappa shape index (κ2) is 5.94. The van der Waals surface area contributed by atoms with Crippen LogP contribution in [-0.2, 0) is 0 Å². The van der Waals surface area contributed by atoms with Crippen LogP contribution in [0.4, 0.5) is 0 Å². The highest BCUT2D eigenvalue weighted by atomic mass is 32.1. The molecule has 0 saturated heterocycles. The molecule has 0 aliphatic rings. The van der Waals surface area contributed by atoms with Gasteiger partial charge < -0.3 is 4.98 Å². The molecule has 0 bridgehead atoms. The van der Waals surface area contributed by atoms with Crippen molar-refractivity contribution in [3.05, 3.63) is 97.1 Å². The number of aromatic amines is 1. The zero-order valence-electron chi connectivity index (χ0n) is 16.1. The Kier molecular flexibility index (Phi) is 3.21. The lowest BCUT2D eigenvalue weighted by Crippen LogP contribution is -1.79. The third kappa shape index (κ3) is 2.17. The maximum absolute atomic E-state index is 3.59. The van der Waals surface area contributed by atoms with E-state index in [4.69, 9.17) is 0 Å². The summed E-state index contributed by atoms with van der Waals surface area (Å²) in [5.74, 6) is 0. The maximum Gasteiger partial charge on any atom is 0.0471 e. The molecule has 1 nitrogen and oxygen atoms in total. The van der Waals surface area contributed by atoms with E-state index in [2.05, 4.69) is 102 Å². The molecule has 1 N–H and O–H groups in total. The van der Waals surface area contributed by atoms with Crippen LogP contribution in [0.3, 0.4) is 0 Å². The maximum atomic E-state index is 3.59. The van der Waals surface area contributed by atoms with Gasteiger partial charge in [-0.15, -0.1) is 11.3 Å². The van der Waals surface area contributed by atoms with Gasteiger partial charge in [0.2, 0.25) is 0 Å². The minimum absolute atomic E-state index is 1.19.